The van der Waals surface area contributed by atoms with Crippen molar-refractivity contribution in [2.45, 2.75) is 57.5 Å². The molecule has 1 aliphatic heterocycles. The molecule has 3 fully saturated rings. The van der Waals surface area contributed by atoms with Crippen LogP contribution in [-0.4, -0.2) is 18.0 Å². The van der Waals surface area contributed by atoms with Crippen LogP contribution in [0, 0.1) is 35.0 Å². The Kier molecular flexibility index (Phi) is 3.48. The third kappa shape index (κ3) is 2.04. The van der Waals surface area contributed by atoms with Gasteiger partial charge in [-0.3, -0.25) is 4.79 Å². The molecule has 134 valence electrons. The highest BCUT2D eigenvalue weighted by atomic mass is 16.5. The highest BCUT2D eigenvalue weighted by Gasteiger charge is 2.64. The summed E-state index contributed by atoms with van der Waals surface area (Å²) in [5.74, 6) is 3.68. The molecule has 5 rings (SSSR count). The summed E-state index contributed by atoms with van der Waals surface area (Å²) in [6.45, 7) is 7.47. The SMILES string of the molecule is C=CC1C=C2CC(=O)CC[C@@H]2C2CC[C@@]3(C)C(CC[C@@]34C=CCO4)C12. The van der Waals surface area contributed by atoms with Crippen molar-refractivity contribution in [3.63, 3.8) is 0 Å². The number of ketones is 1. The molecule has 0 saturated heterocycles. The summed E-state index contributed by atoms with van der Waals surface area (Å²) >= 11 is 0. The van der Waals surface area contributed by atoms with Crippen LogP contribution in [0.2, 0.25) is 0 Å². The van der Waals surface area contributed by atoms with Gasteiger partial charge in [-0.25, -0.2) is 0 Å². The molecule has 0 amide bonds. The van der Waals surface area contributed by atoms with Crippen LogP contribution < -0.4 is 0 Å². The van der Waals surface area contributed by atoms with Gasteiger partial charge >= 0.3 is 0 Å². The molecule has 4 unspecified atom stereocenters. The van der Waals surface area contributed by atoms with E-state index in [1.165, 1.54) is 31.3 Å². The minimum atomic E-state index is -0.0130. The molecule has 5 aliphatic rings. The minimum absolute atomic E-state index is 0.0130. The molecule has 4 aliphatic carbocycles. The van der Waals surface area contributed by atoms with E-state index < -0.39 is 0 Å². The van der Waals surface area contributed by atoms with Crippen molar-refractivity contribution in [3.05, 3.63) is 36.5 Å². The van der Waals surface area contributed by atoms with Crippen molar-refractivity contribution in [1.82, 2.24) is 0 Å². The molecule has 3 saturated carbocycles. The summed E-state index contributed by atoms with van der Waals surface area (Å²) in [5.41, 5.74) is 1.69. The fourth-order valence-corrected chi connectivity index (χ4v) is 7.48. The first-order chi connectivity index (χ1) is 12.1. The zero-order valence-electron chi connectivity index (χ0n) is 15.4. The van der Waals surface area contributed by atoms with Gasteiger partial charge in [0, 0.05) is 18.3 Å². The van der Waals surface area contributed by atoms with Gasteiger partial charge in [-0.2, -0.15) is 0 Å². The van der Waals surface area contributed by atoms with E-state index in [0.29, 0.717) is 35.9 Å². The summed E-state index contributed by atoms with van der Waals surface area (Å²) < 4.78 is 6.35. The lowest BCUT2D eigenvalue weighted by Crippen LogP contribution is -2.53. The van der Waals surface area contributed by atoms with Gasteiger partial charge in [0.15, 0.2) is 0 Å². The molecule has 0 radical (unpaired) electrons. The number of hydrogen-bond donors (Lipinski definition) is 0. The summed E-state index contributed by atoms with van der Waals surface area (Å²) in [5, 5.41) is 0. The Morgan fingerprint density at radius 3 is 2.92 bits per heavy atom. The summed E-state index contributed by atoms with van der Waals surface area (Å²) in [6, 6.07) is 0. The second-order valence-electron chi connectivity index (χ2n) is 9.36. The second kappa shape index (κ2) is 5.42. The number of carbonyl (C=O) groups is 1. The quantitative estimate of drug-likeness (QED) is 0.638. The third-order valence-electron chi connectivity index (χ3n) is 8.64. The van der Waals surface area contributed by atoms with E-state index in [1.807, 2.05) is 0 Å². The van der Waals surface area contributed by atoms with Crippen LogP contribution >= 0.6 is 0 Å². The maximum absolute atomic E-state index is 12.0. The van der Waals surface area contributed by atoms with Gasteiger partial charge in [0.2, 0.25) is 0 Å². The summed E-state index contributed by atoms with van der Waals surface area (Å²) in [7, 11) is 0. The molecular weight excluding hydrogens is 308 g/mol. The Hall–Kier alpha value is -1.15. The summed E-state index contributed by atoms with van der Waals surface area (Å²) in [6.07, 6.45) is 16.8. The molecule has 0 N–H and O–H groups in total. The number of rotatable bonds is 1. The Balaban J connectivity index is 1.54. The number of ether oxygens (including phenoxy) is 1. The van der Waals surface area contributed by atoms with Gasteiger partial charge in [0.1, 0.15) is 5.78 Å². The van der Waals surface area contributed by atoms with Crippen molar-refractivity contribution < 1.29 is 9.53 Å². The summed E-state index contributed by atoms with van der Waals surface area (Å²) in [4.78, 5) is 12.0. The van der Waals surface area contributed by atoms with Gasteiger partial charge in [0.05, 0.1) is 12.2 Å². The number of carbonyl (C=O) groups excluding carboxylic acids is 1. The molecule has 2 nitrogen and oxygen atoms in total. The average molecular weight is 338 g/mol. The number of fused-ring (bicyclic) bond motifs is 6. The predicted octanol–water partition coefficient (Wildman–Crippen LogP) is 4.87. The lowest BCUT2D eigenvalue weighted by atomic mass is 9.49. The first-order valence-electron chi connectivity index (χ1n) is 10.2. The molecular formula is C23H30O2. The molecule has 0 aromatic rings. The van der Waals surface area contributed by atoms with Gasteiger partial charge in [-0.1, -0.05) is 36.8 Å². The van der Waals surface area contributed by atoms with E-state index in [2.05, 4.69) is 37.8 Å². The smallest absolute Gasteiger partial charge is 0.136 e. The van der Waals surface area contributed by atoms with E-state index in [0.717, 1.165) is 25.4 Å². The van der Waals surface area contributed by atoms with Crippen LogP contribution in [0.15, 0.2) is 36.5 Å². The van der Waals surface area contributed by atoms with Crippen molar-refractivity contribution in [3.8, 4) is 0 Å². The number of hydrogen-bond acceptors (Lipinski definition) is 2. The molecule has 25 heavy (non-hydrogen) atoms. The Bertz CT molecular complexity index is 674. The fourth-order valence-electron chi connectivity index (χ4n) is 7.48. The molecule has 1 heterocycles. The highest BCUT2D eigenvalue weighted by Crippen LogP contribution is 2.67. The average Bonchev–Trinajstić information content (AvgIpc) is 3.20. The lowest BCUT2D eigenvalue weighted by molar-refractivity contribution is -0.123. The Morgan fingerprint density at radius 2 is 2.16 bits per heavy atom. The zero-order valence-corrected chi connectivity index (χ0v) is 15.4. The minimum Gasteiger partial charge on any atom is -0.366 e. The van der Waals surface area contributed by atoms with Crippen LogP contribution in [-0.2, 0) is 9.53 Å². The van der Waals surface area contributed by atoms with Crippen molar-refractivity contribution >= 4 is 5.78 Å². The normalized spacial score (nSPS) is 51.0. The molecule has 1 spiro atoms. The largest absolute Gasteiger partial charge is 0.366 e. The van der Waals surface area contributed by atoms with Crippen LogP contribution in [0.25, 0.3) is 0 Å². The van der Waals surface area contributed by atoms with Crippen LogP contribution in [0.1, 0.15) is 51.9 Å². The first-order valence-corrected chi connectivity index (χ1v) is 10.2. The zero-order chi connectivity index (χ0) is 17.2. The highest BCUT2D eigenvalue weighted by molar-refractivity contribution is 5.82. The van der Waals surface area contributed by atoms with E-state index in [-0.39, 0.29) is 11.0 Å². The van der Waals surface area contributed by atoms with Crippen molar-refractivity contribution in [1.29, 1.82) is 0 Å². The number of allylic oxidation sites excluding steroid dienone is 3. The molecule has 0 bridgehead atoms. The first kappa shape index (κ1) is 16.1. The lowest BCUT2D eigenvalue weighted by Gasteiger charge is -2.56. The molecule has 0 aromatic heterocycles. The van der Waals surface area contributed by atoms with Gasteiger partial charge < -0.3 is 4.74 Å². The molecule has 7 atom stereocenters. The monoisotopic (exact) mass is 338 g/mol. The van der Waals surface area contributed by atoms with Crippen LogP contribution in [0.5, 0.6) is 0 Å². The van der Waals surface area contributed by atoms with E-state index in [1.54, 1.807) is 0 Å². The van der Waals surface area contributed by atoms with E-state index in [4.69, 9.17) is 4.74 Å². The maximum Gasteiger partial charge on any atom is 0.136 e. The number of Topliss-reactive ketones (excluding diaryl/α,β-unsaturated/α-hetero) is 1. The van der Waals surface area contributed by atoms with Gasteiger partial charge in [0.25, 0.3) is 0 Å². The van der Waals surface area contributed by atoms with Gasteiger partial charge in [-0.15, -0.1) is 6.58 Å². The fraction of sp³-hybridized carbons (Fsp3) is 0.696. The molecule has 0 aromatic carbocycles. The third-order valence-corrected chi connectivity index (χ3v) is 8.64. The molecule has 2 heteroatoms. The van der Waals surface area contributed by atoms with Crippen molar-refractivity contribution in [2.24, 2.45) is 35.0 Å². The van der Waals surface area contributed by atoms with Crippen LogP contribution in [0.4, 0.5) is 0 Å². The predicted molar refractivity (Wildman–Crippen MR) is 99.0 cm³/mol. The van der Waals surface area contributed by atoms with Gasteiger partial charge in [-0.05, 0) is 61.7 Å². The second-order valence-corrected chi connectivity index (χ2v) is 9.36. The van der Waals surface area contributed by atoms with E-state index in [9.17, 15) is 4.79 Å². The topological polar surface area (TPSA) is 26.3 Å². The maximum atomic E-state index is 12.0. The van der Waals surface area contributed by atoms with Crippen molar-refractivity contribution in [2.75, 3.05) is 6.61 Å². The Labute approximate surface area is 151 Å². The van der Waals surface area contributed by atoms with Crippen LogP contribution in [0.3, 0.4) is 0 Å². The van der Waals surface area contributed by atoms with E-state index >= 15 is 0 Å². The standard InChI is InChI=1S/C23H30O2/c1-3-15-13-16-14-17(24)5-6-18(16)19-7-10-22(2)20(21(15)19)8-11-23(22)9-4-12-25-23/h3-4,9,13,15,18-21H,1,5-8,10-12,14H2,2H3/t15?,18-,19?,20?,21?,22-,23-/m0/s1. The Morgan fingerprint density at radius 1 is 1.28 bits per heavy atom.